The molecule has 1 fully saturated rings. The molecule has 0 saturated carbocycles. The number of amides is 2. The molecule has 1 aromatic carbocycles. The summed E-state index contributed by atoms with van der Waals surface area (Å²) in [6.07, 6.45) is 1.77. The minimum Gasteiger partial charge on any atom is -0.369 e. The average Bonchev–Trinajstić information content (AvgIpc) is 2.40. The third-order valence-corrected chi connectivity index (χ3v) is 3.59. The number of carbonyl (C=O) groups excluding carboxylic acids is 2. The summed E-state index contributed by atoms with van der Waals surface area (Å²) < 4.78 is 13.0. The monoisotopic (exact) mass is 293 g/mol. The number of likely N-dealkylation sites (tertiary alicyclic amines) is 1. The van der Waals surface area contributed by atoms with E-state index in [0.717, 1.165) is 25.9 Å². The van der Waals surface area contributed by atoms with E-state index < -0.39 is 0 Å². The predicted molar refractivity (Wildman–Crippen MR) is 76.9 cm³/mol. The SMILES string of the molecule is NC(=O)CN1CCC(NC(=O)Cc2cccc(F)c2)CC1. The molecule has 0 aromatic heterocycles. The molecule has 3 N–H and O–H groups in total. The first kappa shape index (κ1) is 15.4. The van der Waals surface area contributed by atoms with Crippen LogP contribution in [0.4, 0.5) is 4.39 Å². The van der Waals surface area contributed by atoms with Crippen LogP contribution in [0.5, 0.6) is 0 Å². The molecule has 1 saturated heterocycles. The summed E-state index contributed by atoms with van der Waals surface area (Å²) in [5, 5.41) is 2.96. The van der Waals surface area contributed by atoms with Crippen molar-refractivity contribution in [1.82, 2.24) is 10.2 Å². The number of benzene rings is 1. The minimum absolute atomic E-state index is 0.103. The summed E-state index contributed by atoms with van der Waals surface area (Å²) in [6.45, 7) is 1.76. The van der Waals surface area contributed by atoms with E-state index in [4.69, 9.17) is 5.73 Å². The lowest BCUT2D eigenvalue weighted by molar-refractivity contribution is -0.122. The zero-order chi connectivity index (χ0) is 15.2. The van der Waals surface area contributed by atoms with Crippen molar-refractivity contribution in [3.63, 3.8) is 0 Å². The highest BCUT2D eigenvalue weighted by Crippen LogP contribution is 2.10. The normalized spacial score (nSPS) is 16.6. The lowest BCUT2D eigenvalue weighted by Gasteiger charge is -2.31. The van der Waals surface area contributed by atoms with E-state index >= 15 is 0 Å². The zero-order valence-electron chi connectivity index (χ0n) is 11.8. The van der Waals surface area contributed by atoms with Gasteiger partial charge in [0.05, 0.1) is 13.0 Å². The third-order valence-electron chi connectivity index (χ3n) is 3.59. The number of piperidine rings is 1. The molecule has 114 valence electrons. The van der Waals surface area contributed by atoms with Crippen molar-refractivity contribution < 1.29 is 14.0 Å². The van der Waals surface area contributed by atoms with Gasteiger partial charge in [-0.3, -0.25) is 14.5 Å². The Bertz CT molecular complexity index is 513. The Kier molecular flexibility index (Phi) is 5.27. The van der Waals surface area contributed by atoms with Crippen LogP contribution in [0.2, 0.25) is 0 Å². The minimum atomic E-state index is -0.333. The maximum absolute atomic E-state index is 13.0. The van der Waals surface area contributed by atoms with E-state index in [2.05, 4.69) is 5.32 Å². The summed E-state index contributed by atoms with van der Waals surface area (Å²) in [5.74, 6) is -0.766. The molecule has 6 heteroatoms. The van der Waals surface area contributed by atoms with Gasteiger partial charge in [0, 0.05) is 19.1 Å². The fourth-order valence-electron chi connectivity index (χ4n) is 2.57. The Balaban J connectivity index is 1.75. The van der Waals surface area contributed by atoms with E-state index in [9.17, 15) is 14.0 Å². The summed E-state index contributed by atoms with van der Waals surface area (Å²) in [4.78, 5) is 24.8. The standard InChI is InChI=1S/C15H20FN3O2/c16-12-3-1-2-11(8-12)9-15(21)18-13-4-6-19(7-5-13)10-14(17)20/h1-3,8,13H,4-7,9-10H2,(H2,17,20)(H,18,21). The van der Waals surface area contributed by atoms with Crippen LogP contribution in [-0.2, 0) is 16.0 Å². The van der Waals surface area contributed by atoms with Gasteiger partial charge >= 0.3 is 0 Å². The van der Waals surface area contributed by atoms with Gasteiger partial charge in [0.15, 0.2) is 0 Å². The molecule has 5 nitrogen and oxygen atoms in total. The second kappa shape index (κ2) is 7.17. The molecule has 1 aliphatic heterocycles. The summed E-state index contributed by atoms with van der Waals surface area (Å²) in [6, 6.07) is 6.17. The van der Waals surface area contributed by atoms with Gasteiger partial charge in [-0.15, -0.1) is 0 Å². The Morgan fingerprint density at radius 1 is 1.33 bits per heavy atom. The number of hydrogen-bond acceptors (Lipinski definition) is 3. The maximum Gasteiger partial charge on any atom is 0.231 e. The molecule has 0 unspecified atom stereocenters. The van der Waals surface area contributed by atoms with E-state index in [0.29, 0.717) is 5.56 Å². The van der Waals surface area contributed by atoms with Crippen LogP contribution in [0.1, 0.15) is 18.4 Å². The van der Waals surface area contributed by atoms with Crippen molar-refractivity contribution in [3.05, 3.63) is 35.6 Å². The highest BCUT2D eigenvalue weighted by Gasteiger charge is 2.21. The number of nitrogens with one attached hydrogen (secondary N) is 1. The van der Waals surface area contributed by atoms with Gasteiger partial charge in [0.1, 0.15) is 5.82 Å². The summed E-state index contributed by atoms with van der Waals surface area (Å²) >= 11 is 0. The quantitative estimate of drug-likeness (QED) is 0.827. The van der Waals surface area contributed by atoms with Crippen LogP contribution in [-0.4, -0.2) is 42.4 Å². The second-order valence-corrected chi connectivity index (χ2v) is 5.39. The fourth-order valence-corrected chi connectivity index (χ4v) is 2.57. The topological polar surface area (TPSA) is 75.4 Å². The van der Waals surface area contributed by atoms with Gasteiger partial charge in [-0.2, -0.15) is 0 Å². The largest absolute Gasteiger partial charge is 0.369 e. The molecule has 0 aliphatic carbocycles. The van der Waals surface area contributed by atoms with E-state index in [1.165, 1.54) is 12.1 Å². The van der Waals surface area contributed by atoms with Gasteiger partial charge in [-0.25, -0.2) is 4.39 Å². The van der Waals surface area contributed by atoms with E-state index in [-0.39, 0.29) is 36.6 Å². The van der Waals surface area contributed by atoms with Crippen LogP contribution in [0.3, 0.4) is 0 Å². The average molecular weight is 293 g/mol. The number of nitrogens with zero attached hydrogens (tertiary/aromatic N) is 1. The highest BCUT2D eigenvalue weighted by atomic mass is 19.1. The van der Waals surface area contributed by atoms with Crippen LogP contribution < -0.4 is 11.1 Å². The molecule has 0 atom stereocenters. The Hall–Kier alpha value is -1.95. The number of nitrogens with two attached hydrogens (primary N) is 1. The first-order valence-electron chi connectivity index (χ1n) is 7.07. The number of primary amides is 1. The number of halogens is 1. The van der Waals surface area contributed by atoms with Gasteiger partial charge in [0.25, 0.3) is 0 Å². The molecule has 0 spiro atoms. The Morgan fingerprint density at radius 3 is 2.67 bits per heavy atom. The van der Waals surface area contributed by atoms with Crippen molar-refractivity contribution in [2.75, 3.05) is 19.6 Å². The molecule has 2 amide bonds. The zero-order valence-corrected chi connectivity index (χ0v) is 11.8. The molecule has 1 aliphatic rings. The number of carbonyl (C=O) groups is 2. The Labute approximate surface area is 123 Å². The predicted octanol–water partition coefficient (Wildman–Crippen LogP) is 0.434. The molecule has 0 bridgehead atoms. The fraction of sp³-hybridized carbons (Fsp3) is 0.467. The first-order chi connectivity index (χ1) is 10.0. The van der Waals surface area contributed by atoms with Gasteiger partial charge in [0.2, 0.25) is 11.8 Å². The van der Waals surface area contributed by atoms with E-state index in [1.807, 2.05) is 4.90 Å². The van der Waals surface area contributed by atoms with Gasteiger partial charge < -0.3 is 11.1 Å². The Morgan fingerprint density at radius 2 is 2.05 bits per heavy atom. The van der Waals surface area contributed by atoms with Crippen molar-refractivity contribution in [3.8, 4) is 0 Å². The van der Waals surface area contributed by atoms with Crippen LogP contribution in [0.25, 0.3) is 0 Å². The summed E-state index contributed by atoms with van der Waals surface area (Å²) in [7, 11) is 0. The van der Waals surface area contributed by atoms with Crippen LogP contribution in [0.15, 0.2) is 24.3 Å². The van der Waals surface area contributed by atoms with Crippen molar-refractivity contribution in [1.29, 1.82) is 0 Å². The first-order valence-corrected chi connectivity index (χ1v) is 7.07. The molecule has 1 aromatic rings. The molecule has 1 heterocycles. The van der Waals surface area contributed by atoms with Crippen molar-refractivity contribution in [2.45, 2.75) is 25.3 Å². The van der Waals surface area contributed by atoms with Gasteiger partial charge in [-0.1, -0.05) is 12.1 Å². The molecular weight excluding hydrogens is 273 g/mol. The van der Waals surface area contributed by atoms with Crippen molar-refractivity contribution >= 4 is 11.8 Å². The van der Waals surface area contributed by atoms with E-state index in [1.54, 1.807) is 12.1 Å². The van der Waals surface area contributed by atoms with Crippen LogP contribution >= 0.6 is 0 Å². The smallest absolute Gasteiger partial charge is 0.231 e. The van der Waals surface area contributed by atoms with Crippen LogP contribution in [0, 0.1) is 5.82 Å². The lowest BCUT2D eigenvalue weighted by Crippen LogP contribution is -2.47. The molecule has 2 rings (SSSR count). The number of rotatable bonds is 5. The third kappa shape index (κ3) is 5.15. The maximum atomic E-state index is 13.0. The lowest BCUT2D eigenvalue weighted by atomic mass is 10.0. The number of hydrogen-bond donors (Lipinski definition) is 2. The molecule has 21 heavy (non-hydrogen) atoms. The summed E-state index contributed by atoms with van der Waals surface area (Å²) in [5.41, 5.74) is 5.82. The molecule has 0 radical (unpaired) electrons. The van der Waals surface area contributed by atoms with Crippen molar-refractivity contribution in [2.24, 2.45) is 5.73 Å². The molecular formula is C15H20FN3O2. The second-order valence-electron chi connectivity index (χ2n) is 5.39. The highest BCUT2D eigenvalue weighted by molar-refractivity contribution is 5.79. The van der Waals surface area contributed by atoms with Gasteiger partial charge in [-0.05, 0) is 30.5 Å².